The van der Waals surface area contributed by atoms with Gasteiger partial charge in [0.25, 0.3) is 0 Å². The smallest absolute Gasteiger partial charge is 0.306 e. The fourth-order valence-corrected chi connectivity index (χ4v) is 4.18. The molecular formula is C31H33ClO2. The maximum Gasteiger partial charge on any atom is 0.306 e. The largest absolute Gasteiger partial charge is 0.466 e. The molecule has 0 aliphatic carbocycles. The van der Waals surface area contributed by atoms with Crippen LogP contribution in [0.3, 0.4) is 0 Å². The molecule has 176 valence electrons. The first-order chi connectivity index (χ1) is 16.6. The van der Waals surface area contributed by atoms with Crippen molar-refractivity contribution < 1.29 is 9.53 Å². The highest BCUT2D eigenvalue weighted by atomic mass is 35.5. The van der Waals surface area contributed by atoms with Crippen molar-refractivity contribution in [2.45, 2.75) is 45.4 Å². The van der Waals surface area contributed by atoms with E-state index in [1.807, 2.05) is 55.5 Å². The second-order valence-electron chi connectivity index (χ2n) is 8.31. The normalized spacial score (nSPS) is 12.9. The molecule has 0 radical (unpaired) electrons. The maximum atomic E-state index is 12.8. The van der Waals surface area contributed by atoms with Crippen LogP contribution in [0.5, 0.6) is 0 Å². The summed E-state index contributed by atoms with van der Waals surface area (Å²) in [5, 5.41) is 0.679. The van der Waals surface area contributed by atoms with Crippen LogP contribution in [-0.4, -0.2) is 12.6 Å². The molecule has 3 heteroatoms. The monoisotopic (exact) mass is 472 g/mol. The van der Waals surface area contributed by atoms with Crippen molar-refractivity contribution in [1.29, 1.82) is 0 Å². The number of hydrogen-bond donors (Lipinski definition) is 0. The van der Waals surface area contributed by atoms with Gasteiger partial charge in [-0.3, -0.25) is 4.79 Å². The summed E-state index contributed by atoms with van der Waals surface area (Å²) in [5.41, 5.74) is 5.68. The average molecular weight is 473 g/mol. The number of carbonyl (C=O) groups is 1. The zero-order chi connectivity index (χ0) is 24.2. The molecule has 0 bridgehead atoms. The molecule has 0 saturated heterocycles. The zero-order valence-corrected chi connectivity index (χ0v) is 20.8. The van der Waals surface area contributed by atoms with Gasteiger partial charge in [-0.2, -0.15) is 0 Å². The number of benzene rings is 3. The lowest BCUT2D eigenvalue weighted by Gasteiger charge is -2.24. The van der Waals surface area contributed by atoms with Crippen LogP contribution in [0.25, 0.3) is 12.2 Å². The second kappa shape index (κ2) is 13.6. The molecule has 3 rings (SSSR count). The van der Waals surface area contributed by atoms with Gasteiger partial charge in [-0.05, 0) is 59.7 Å². The van der Waals surface area contributed by atoms with Gasteiger partial charge in [-0.1, -0.05) is 110 Å². The quantitative estimate of drug-likeness (QED) is 0.206. The number of rotatable bonds is 11. The van der Waals surface area contributed by atoms with Crippen LogP contribution in [0.1, 0.15) is 62.1 Å². The minimum Gasteiger partial charge on any atom is -0.466 e. The second-order valence-corrected chi connectivity index (χ2v) is 8.74. The Morgan fingerprint density at radius 2 is 1.44 bits per heavy atom. The van der Waals surface area contributed by atoms with Gasteiger partial charge >= 0.3 is 5.97 Å². The third-order valence-corrected chi connectivity index (χ3v) is 6.01. The van der Waals surface area contributed by atoms with E-state index in [2.05, 4.69) is 55.5 Å². The van der Waals surface area contributed by atoms with Crippen LogP contribution in [0.4, 0.5) is 0 Å². The van der Waals surface area contributed by atoms with Crippen LogP contribution in [0, 0.1) is 0 Å². The Balaban J connectivity index is 2.18. The van der Waals surface area contributed by atoms with Crippen molar-refractivity contribution in [2.24, 2.45) is 0 Å². The van der Waals surface area contributed by atoms with Gasteiger partial charge in [-0.25, -0.2) is 0 Å². The summed E-state index contributed by atoms with van der Waals surface area (Å²) in [7, 11) is 0. The van der Waals surface area contributed by atoms with E-state index in [4.69, 9.17) is 16.3 Å². The van der Waals surface area contributed by atoms with Gasteiger partial charge in [0.15, 0.2) is 0 Å². The topological polar surface area (TPSA) is 26.3 Å². The van der Waals surface area contributed by atoms with Crippen molar-refractivity contribution in [3.63, 3.8) is 0 Å². The highest BCUT2D eigenvalue weighted by Crippen LogP contribution is 2.38. The minimum absolute atomic E-state index is 0.150. The highest BCUT2D eigenvalue weighted by Gasteiger charge is 2.24. The summed E-state index contributed by atoms with van der Waals surface area (Å²) in [6, 6.07) is 28.5. The Labute approximate surface area is 208 Å². The Hall–Kier alpha value is -3.10. The lowest BCUT2D eigenvalue weighted by molar-refractivity contribution is -0.143. The predicted octanol–water partition coefficient (Wildman–Crippen LogP) is 8.73. The molecule has 34 heavy (non-hydrogen) atoms. The molecule has 1 unspecified atom stereocenters. The van der Waals surface area contributed by atoms with E-state index in [9.17, 15) is 4.79 Å². The van der Waals surface area contributed by atoms with Crippen LogP contribution in [-0.2, 0) is 9.53 Å². The van der Waals surface area contributed by atoms with Crippen LogP contribution >= 0.6 is 11.6 Å². The maximum absolute atomic E-state index is 12.8. The molecule has 0 N–H and O–H groups in total. The van der Waals surface area contributed by atoms with Crippen molar-refractivity contribution in [1.82, 2.24) is 0 Å². The molecule has 0 aliphatic rings. The lowest BCUT2D eigenvalue weighted by atomic mass is 9.81. The van der Waals surface area contributed by atoms with E-state index in [0.717, 1.165) is 41.5 Å². The molecule has 1 atom stereocenters. The zero-order valence-electron chi connectivity index (χ0n) is 20.0. The fraction of sp³-hybridized carbons (Fsp3) is 0.258. The Bertz CT molecular complexity index is 1080. The van der Waals surface area contributed by atoms with E-state index < -0.39 is 0 Å². The summed E-state index contributed by atoms with van der Waals surface area (Å²) < 4.78 is 5.39. The molecule has 3 aromatic rings. The van der Waals surface area contributed by atoms with E-state index in [1.54, 1.807) is 0 Å². The van der Waals surface area contributed by atoms with Crippen LogP contribution in [0.2, 0.25) is 5.02 Å². The van der Waals surface area contributed by atoms with Gasteiger partial charge in [0, 0.05) is 10.9 Å². The molecule has 0 spiro atoms. The first-order valence-corrected chi connectivity index (χ1v) is 12.4. The van der Waals surface area contributed by atoms with E-state index >= 15 is 0 Å². The molecule has 0 saturated carbocycles. The number of esters is 1. The highest BCUT2D eigenvalue weighted by molar-refractivity contribution is 6.30. The third kappa shape index (κ3) is 7.74. The molecule has 2 nitrogen and oxygen atoms in total. The fourth-order valence-electron chi connectivity index (χ4n) is 4.05. The third-order valence-electron chi connectivity index (χ3n) is 5.76. The van der Waals surface area contributed by atoms with E-state index in [-0.39, 0.29) is 18.3 Å². The first-order valence-electron chi connectivity index (χ1n) is 12.0. The van der Waals surface area contributed by atoms with Crippen molar-refractivity contribution in [3.8, 4) is 0 Å². The Morgan fingerprint density at radius 3 is 2.00 bits per heavy atom. The number of allylic oxidation sites excluding steroid dienone is 2. The molecule has 3 aromatic carbocycles. The molecule has 0 aliphatic heterocycles. The summed E-state index contributed by atoms with van der Waals surface area (Å²) in [6.45, 7) is 4.42. The predicted molar refractivity (Wildman–Crippen MR) is 144 cm³/mol. The summed E-state index contributed by atoms with van der Waals surface area (Å²) in [6.07, 6.45) is 7.84. The van der Waals surface area contributed by atoms with E-state index in [1.165, 1.54) is 5.57 Å². The number of halogens is 1. The minimum atomic E-state index is -0.198. The first kappa shape index (κ1) is 25.5. The lowest BCUT2D eigenvalue weighted by Crippen LogP contribution is -2.14. The Kier molecular flexibility index (Phi) is 10.2. The van der Waals surface area contributed by atoms with Crippen LogP contribution in [0.15, 0.2) is 96.1 Å². The standard InChI is InChI=1S/C31H33ClO2/c1-3-5-16-27(21-24-12-8-6-9-13-24)29(22-25-14-10-7-11-15-25)30(23-31(33)34-4-2)26-17-19-28(32)20-18-26/h6-15,17-22,30H,3-5,16,23H2,1-2H3/b27-21-,29-22-. The number of hydrogen-bond acceptors (Lipinski definition) is 2. The summed E-state index contributed by atoms with van der Waals surface area (Å²) in [5.74, 6) is -0.348. The summed E-state index contributed by atoms with van der Waals surface area (Å²) >= 11 is 6.20. The van der Waals surface area contributed by atoms with Gasteiger partial charge in [0.05, 0.1) is 13.0 Å². The molecule has 0 heterocycles. The van der Waals surface area contributed by atoms with Crippen LogP contribution < -0.4 is 0 Å². The van der Waals surface area contributed by atoms with Gasteiger partial charge < -0.3 is 4.74 Å². The Morgan fingerprint density at radius 1 is 0.853 bits per heavy atom. The van der Waals surface area contributed by atoms with E-state index in [0.29, 0.717) is 11.6 Å². The number of ether oxygens (including phenoxy) is 1. The SMILES string of the molecule is CCCCC(=C/c1ccccc1)/C(=C/c1ccccc1)C(CC(=O)OCC)c1ccc(Cl)cc1. The van der Waals surface area contributed by atoms with Crippen molar-refractivity contribution >= 4 is 29.7 Å². The molecule has 0 fully saturated rings. The summed E-state index contributed by atoms with van der Waals surface area (Å²) in [4.78, 5) is 12.8. The van der Waals surface area contributed by atoms with Crippen molar-refractivity contribution in [2.75, 3.05) is 6.61 Å². The molecule has 0 amide bonds. The molecular weight excluding hydrogens is 440 g/mol. The number of unbranched alkanes of at least 4 members (excludes halogenated alkanes) is 1. The van der Waals surface area contributed by atoms with Gasteiger partial charge in [0.1, 0.15) is 0 Å². The number of carbonyl (C=O) groups excluding carboxylic acids is 1. The molecule has 0 aromatic heterocycles. The van der Waals surface area contributed by atoms with Gasteiger partial charge in [0.2, 0.25) is 0 Å². The van der Waals surface area contributed by atoms with Crippen molar-refractivity contribution in [3.05, 3.63) is 118 Å². The average Bonchev–Trinajstić information content (AvgIpc) is 2.86. The van der Waals surface area contributed by atoms with Gasteiger partial charge in [-0.15, -0.1) is 0 Å².